The van der Waals surface area contributed by atoms with Crippen molar-refractivity contribution in [2.24, 2.45) is 11.7 Å². The first kappa shape index (κ1) is 16.2. The zero-order valence-corrected chi connectivity index (χ0v) is 12.5. The van der Waals surface area contributed by atoms with Crippen LogP contribution in [-0.2, 0) is 0 Å². The van der Waals surface area contributed by atoms with E-state index in [2.05, 4.69) is 19.2 Å². The summed E-state index contributed by atoms with van der Waals surface area (Å²) in [4.78, 5) is 10.5. The molecule has 0 saturated heterocycles. The van der Waals surface area contributed by atoms with Gasteiger partial charge >= 0.3 is 0 Å². The highest BCUT2D eigenvalue weighted by Gasteiger charge is 2.24. The van der Waals surface area contributed by atoms with Crippen LogP contribution in [0.2, 0.25) is 0 Å². The minimum absolute atomic E-state index is 0.00392. The molecule has 112 valence electrons. The molecule has 0 fully saturated rings. The maximum absolute atomic E-state index is 10.9. The molecule has 0 aliphatic carbocycles. The number of nitro groups is 1. The molecule has 1 unspecified atom stereocenters. The van der Waals surface area contributed by atoms with Crippen LogP contribution in [0.15, 0.2) is 18.2 Å². The third kappa shape index (κ3) is 4.38. The number of nitrogens with zero attached hydrogens (tertiary/aromatic N) is 1. The van der Waals surface area contributed by atoms with Crippen molar-refractivity contribution in [1.82, 2.24) is 0 Å². The van der Waals surface area contributed by atoms with Crippen molar-refractivity contribution in [3.8, 4) is 5.75 Å². The molecule has 1 atom stereocenters. The van der Waals surface area contributed by atoms with E-state index in [-0.39, 0.29) is 11.2 Å². The summed E-state index contributed by atoms with van der Waals surface area (Å²) in [5, 5.41) is 14.2. The van der Waals surface area contributed by atoms with Crippen molar-refractivity contribution < 1.29 is 9.66 Å². The van der Waals surface area contributed by atoms with Crippen LogP contribution in [-0.4, -0.2) is 24.1 Å². The van der Waals surface area contributed by atoms with E-state index in [1.807, 2.05) is 6.92 Å². The summed E-state index contributed by atoms with van der Waals surface area (Å²) < 4.78 is 5.10. The van der Waals surface area contributed by atoms with E-state index >= 15 is 0 Å². The largest absolute Gasteiger partial charge is 0.496 e. The van der Waals surface area contributed by atoms with Crippen LogP contribution in [0.1, 0.15) is 27.2 Å². The van der Waals surface area contributed by atoms with Gasteiger partial charge in [-0.25, -0.2) is 0 Å². The molecule has 1 aromatic rings. The summed E-state index contributed by atoms with van der Waals surface area (Å²) in [5.41, 5.74) is 6.17. The van der Waals surface area contributed by atoms with Gasteiger partial charge in [-0.3, -0.25) is 10.1 Å². The van der Waals surface area contributed by atoms with Crippen molar-refractivity contribution in [1.29, 1.82) is 0 Å². The number of methoxy groups -OCH3 is 1. The van der Waals surface area contributed by atoms with Gasteiger partial charge in [0.05, 0.1) is 18.1 Å². The van der Waals surface area contributed by atoms with Gasteiger partial charge in [-0.05, 0) is 19.3 Å². The number of ether oxygens (including phenoxy) is 1. The Morgan fingerprint density at radius 3 is 2.55 bits per heavy atom. The van der Waals surface area contributed by atoms with Crippen LogP contribution in [0.4, 0.5) is 11.4 Å². The Hall–Kier alpha value is -1.82. The van der Waals surface area contributed by atoms with Gasteiger partial charge in [-0.15, -0.1) is 0 Å². The van der Waals surface area contributed by atoms with Gasteiger partial charge in [-0.1, -0.05) is 13.8 Å². The molecule has 0 aliphatic heterocycles. The molecule has 1 aromatic carbocycles. The van der Waals surface area contributed by atoms with Crippen LogP contribution in [0.25, 0.3) is 0 Å². The number of rotatable bonds is 7. The second kappa shape index (κ2) is 6.56. The van der Waals surface area contributed by atoms with E-state index in [1.165, 1.54) is 19.2 Å². The zero-order chi connectivity index (χ0) is 15.3. The molecule has 0 radical (unpaired) electrons. The van der Waals surface area contributed by atoms with Gasteiger partial charge in [0.2, 0.25) is 0 Å². The number of nitrogens with one attached hydrogen (secondary N) is 1. The Labute approximate surface area is 119 Å². The second-order valence-corrected chi connectivity index (χ2v) is 5.66. The van der Waals surface area contributed by atoms with Gasteiger partial charge < -0.3 is 15.8 Å². The number of nitrogens with two attached hydrogens (primary N) is 1. The van der Waals surface area contributed by atoms with Crippen LogP contribution in [0.5, 0.6) is 5.75 Å². The normalized spacial score (nSPS) is 13.9. The number of nitro benzene ring substituents is 1. The lowest BCUT2D eigenvalue weighted by Gasteiger charge is -2.32. The maximum Gasteiger partial charge on any atom is 0.275 e. The number of hydrogen-bond donors (Lipinski definition) is 2. The van der Waals surface area contributed by atoms with Crippen molar-refractivity contribution >= 4 is 11.4 Å². The summed E-state index contributed by atoms with van der Waals surface area (Å²) in [5.74, 6) is 0.919. The van der Waals surface area contributed by atoms with E-state index in [4.69, 9.17) is 10.5 Å². The highest BCUT2D eigenvalue weighted by Crippen LogP contribution is 2.29. The van der Waals surface area contributed by atoms with Crippen molar-refractivity contribution in [3.05, 3.63) is 28.3 Å². The Morgan fingerprint density at radius 2 is 2.10 bits per heavy atom. The maximum atomic E-state index is 10.9. The van der Waals surface area contributed by atoms with Crippen LogP contribution in [0, 0.1) is 16.0 Å². The molecule has 1 rings (SSSR count). The molecule has 6 heteroatoms. The first-order valence-corrected chi connectivity index (χ1v) is 6.61. The molecule has 0 aromatic heterocycles. The topological polar surface area (TPSA) is 90.4 Å². The Bertz CT molecular complexity index is 477. The quantitative estimate of drug-likeness (QED) is 0.592. The molecular formula is C14H23N3O3. The monoisotopic (exact) mass is 281 g/mol. The van der Waals surface area contributed by atoms with E-state index in [1.54, 1.807) is 6.07 Å². The molecule has 6 nitrogen and oxygen atoms in total. The fraction of sp³-hybridized carbons (Fsp3) is 0.571. The summed E-state index contributed by atoms with van der Waals surface area (Å²) in [6.07, 6.45) is 0.870. The van der Waals surface area contributed by atoms with E-state index in [0.29, 0.717) is 23.9 Å². The lowest BCUT2D eigenvalue weighted by molar-refractivity contribution is -0.384. The van der Waals surface area contributed by atoms with E-state index in [0.717, 1.165) is 6.42 Å². The fourth-order valence-electron chi connectivity index (χ4n) is 2.31. The SMILES string of the molecule is COc1cc(NC(C)(CN)CC(C)C)cc([N+](=O)[O-])c1. The van der Waals surface area contributed by atoms with Gasteiger partial charge in [0.15, 0.2) is 0 Å². The van der Waals surface area contributed by atoms with Crippen LogP contribution < -0.4 is 15.8 Å². The fourth-order valence-corrected chi connectivity index (χ4v) is 2.31. The molecule has 3 N–H and O–H groups in total. The van der Waals surface area contributed by atoms with Crippen molar-refractivity contribution in [3.63, 3.8) is 0 Å². The van der Waals surface area contributed by atoms with Crippen molar-refractivity contribution in [2.75, 3.05) is 19.0 Å². The lowest BCUT2D eigenvalue weighted by Crippen LogP contribution is -2.43. The Balaban J connectivity index is 3.06. The highest BCUT2D eigenvalue weighted by molar-refractivity contribution is 5.57. The van der Waals surface area contributed by atoms with Gasteiger partial charge in [-0.2, -0.15) is 0 Å². The third-order valence-corrected chi connectivity index (χ3v) is 3.09. The number of hydrogen-bond acceptors (Lipinski definition) is 5. The van der Waals surface area contributed by atoms with Gasteiger partial charge in [0.25, 0.3) is 5.69 Å². The lowest BCUT2D eigenvalue weighted by atomic mass is 9.90. The van der Waals surface area contributed by atoms with Gasteiger partial charge in [0.1, 0.15) is 5.75 Å². The number of non-ortho nitro benzene ring substituents is 1. The first-order valence-electron chi connectivity index (χ1n) is 6.61. The highest BCUT2D eigenvalue weighted by atomic mass is 16.6. The first-order chi connectivity index (χ1) is 9.29. The molecule has 20 heavy (non-hydrogen) atoms. The zero-order valence-electron chi connectivity index (χ0n) is 12.5. The molecular weight excluding hydrogens is 258 g/mol. The molecule has 0 spiro atoms. The van der Waals surface area contributed by atoms with Gasteiger partial charge in [0, 0.05) is 29.9 Å². The molecule has 0 bridgehead atoms. The third-order valence-electron chi connectivity index (χ3n) is 3.09. The average Bonchev–Trinajstić information content (AvgIpc) is 2.37. The molecule has 0 aliphatic rings. The summed E-state index contributed by atoms with van der Waals surface area (Å²) in [6.45, 7) is 6.68. The van der Waals surface area contributed by atoms with Crippen molar-refractivity contribution in [2.45, 2.75) is 32.7 Å². The number of benzene rings is 1. The molecule has 0 heterocycles. The van der Waals surface area contributed by atoms with Crippen LogP contribution in [0.3, 0.4) is 0 Å². The number of anilines is 1. The summed E-state index contributed by atoms with van der Waals surface area (Å²) in [6, 6.07) is 4.63. The Morgan fingerprint density at radius 1 is 1.45 bits per heavy atom. The molecule has 0 amide bonds. The van der Waals surface area contributed by atoms with E-state index < -0.39 is 4.92 Å². The minimum atomic E-state index is -0.435. The predicted octanol–water partition coefficient (Wildman–Crippen LogP) is 2.78. The summed E-state index contributed by atoms with van der Waals surface area (Å²) in [7, 11) is 1.49. The van der Waals surface area contributed by atoms with Crippen LogP contribution >= 0.6 is 0 Å². The second-order valence-electron chi connectivity index (χ2n) is 5.66. The standard InChI is InChI=1S/C14H23N3O3/c1-10(2)8-14(3,9-15)16-11-5-12(17(18)19)7-13(6-11)20-4/h5-7,10,16H,8-9,15H2,1-4H3. The smallest absolute Gasteiger partial charge is 0.275 e. The van der Waals surface area contributed by atoms with E-state index in [9.17, 15) is 10.1 Å². The molecule has 0 saturated carbocycles. The predicted molar refractivity (Wildman–Crippen MR) is 80.2 cm³/mol. The minimum Gasteiger partial charge on any atom is -0.496 e. The average molecular weight is 281 g/mol. The summed E-state index contributed by atoms with van der Waals surface area (Å²) >= 11 is 0. The Kier molecular flexibility index (Phi) is 5.33.